The molecule has 5 heterocycles. The van der Waals surface area contributed by atoms with Gasteiger partial charge >= 0.3 is 12.0 Å². The molecule has 4 saturated heterocycles. The van der Waals surface area contributed by atoms with Gasteiger partial charge < -0.3 is 50.8 Å². The molecule has 4 aromatic rings. The number of rotatable bonds is 24. The normalized spacial score (nSPS) is 21.3. The van der Waals surface area contributed by atoms with Crippen molar-refractivity contribution in [1.82, 2.24) is 36.0 Å². The number of carbonyl (C=O) groups is 8. The first kappa shape index (κ1) is 68.8. The molecule has 0 aliphatic carbocycles. The van der Waals surface area contributed by atoms with Crippen LogP contribution in [-0.2, 0) is 51.1 Å². The third kappa shape index (κ3) is 16.1. The Kier molecular flexibility index (Phi) is 21.9. The number of carbonyl (C=O) groups excluding carboxylic acids is 8. The first-order valence-electron chi connectivity index (χ1n) is 32.8. The summed E-state index contributed by atoms with van der Waals surface area (Å²) in [4.78, 5) is 119. The molecule has 5 aliphatic rings. The number of Topliss-reactive ketones (excluding diaryl/α,β-unsaturated/α-hetero) is 1. The number of ether oxygens (including phenoxy) is 2. The summed E-state index contributed by atoms with van der Waals surface area (Å²) < 4.78 is 11.4. The van der Waals surface area contributed by atoms with Crippen molar-refractivity contribution in [2.45, 2.75) is 142 Å². The number of benzene rings is 4. The third-order valence-electron chi connectivity index (χ3n) is 18.7. The minimum Gasteiger partial charge on any atom is -0.508 e. The number of piperazine rings is 1. The van der Waals surface area contributed by atoms with Gasteiger partial charge in [-0.1, -0.05) is 96.1 Å². The fraction of sp³-hybridized carbons (Fsp3) is 0.514. The molecule has 0 aromatic heterocycles. The van der Waals surface area contributed by atoms with Crippen molar-refractivity contribution in [3.8, 4) is 11.5 Å². The van der Waals surface area contributed by atoms with Gasteiger partial charge in [-0.15, -0.1) is 0 Å². The maximum Gasteiger partial charge on any atom is 0.409 e. The van der Waals surface area contributed by atoms with E-state index in [1.165, 1.54) is 18.2 Å². The SMILES string of the molecule is CCNC(=O)C(=N)N(C(=N)c1cc(C(C)C)c(O)cc1O)c1ccc(C(=O)N2CCC(COC(=O)N3CCN(CC(=O)N[C@@H](CCc4ccccc4)C(=O)N[C@@H](CC(C)C)C(=O)N[C@H]4Cc5ccccc5C5C[N+]5(C(CC(C)C)C(=O)C5(C)CO5)C4=O)CC3)CC2)cc1. The zero-order valence-corrected chi connectivity index (χ0v) is 54.8. The zero-order chi connectivity index (χ0) is 67.1. The van der Waals surface area contributed by atoms with Crippen LogP contribution in [0, 0.1) is 28.6 Å². The number of likely N-dealkylation sites (N-methyl/N-ethyl adjacent to an activating group) is 1. The molecule has 0 radical (unpaired) electrons. The van der Waals surface area contributed by atoms with Gasteiger partial charge in [-0.05, 0) is 117 Å². The Labute approximate surface area is 544 Å². The molecular formula is C70H92N11O12+. The number of hydrogen-bond acceptors (Lipinski definition) is 15. The molecule has 7 amide bonds. The van der Waals surface area contributed by atoms with E-state index in [9.17, 15) is 43.8 Å². The van der Waals surface area contributed by atoms with Gasteiger partial charge in [0.1, 0.15) is 42.0 Å². The molecular weight excluding hydrogens is 1190 g/mol. The molecule has 23 nitrogen and oxygen atoms in total. The molecule has 23 heteroatoms. The summed E-state index contributed by atoms with van der Waals surface area (Å²) in [6.07, 6.45) is 2.31. The number of aryl methyl sites for hydroxylation is 1. The standard InChI is InChI=1S/C70H91N11O12/c1-9-73-66(88)63(72)80(62(71)52-36-51(44(6)7)58(82)37-59(52)83)49-22-20-47(21-23-49)67(89)78-27-25-46(26-28-78)40-92-69(91)79-31-29-77(30-32-79)38-60(84)74-53(24-19-45-15-11-10-12-16-45)64(86)75-54(33-42(2)3)65(87)76-55-35-48-17-13-14-18-50(48)57-39-81(57,68(55)90)56(34-43(4)5)61(85)70(8)41-93-70/h10-18,20-23,36-37,42-44,46,53-57,72H,9,19,24-35,38-41H2,1-8H3,(H6-,71,73,74,75,76,82,83,84,86,87,88)/p+1/t53-,54-,55-,56?,57?,70?,81?/m0/s1. The number of nitrogens with one attached hydrogen (secondary N) is 6. The Morgan fingerprint density at radius 1 is 0.785 bits per heavy atom. The number of phenols is 2. The van der Waals surface area contributed by atoms with E-state index >= 15 is 4.79 Å². The molecule has 8 N–H and O–H groups in total. The number of nitrogens with zero attached hydrogens (tertiary/aromatic N) is 5. The number of anilines is 1. The van der Waals surface area contributed by atoms with Crippen molar-refractivity contribution in [2.24, 2.45) is 17.8 Å². The Hall–Kier alpha value is -8.54. The molecule has 7 atom stereocenters. The lowest BCUT2D eigenvalue weighted by atomic mass is 9.91. The molecule has 9 rings (SSSR count). The second-order valence-electron chi connectivity index (χ2n) is 26.9. The fourth-order valence-electron chi connectivity index (χ4n) is 13.2. The average Bonchev–Trinajstić information content (AvgIpc) is 1.52. The summed E-state index contributed by atoms with van der Waals surface area (Å²) in [7, 11) is 0. The van der Waals surface area contributed by atoms with Crippen molar-refractivity contribution >= 4 is 64.7 Å². The number of amidine groups is 2. The maximum atomic E-state index is 15.1. The third-order valence-corrected chi connectivity index (χ3v) is 18.7. The summed E-state index contributed by atoms with van der Waals surface area (Å²) in [6, 6.07) is 22.2. The molecule has 5 aliphatic heterocycles. The summed E-state index contributed by atoms with van der Waals surface area (Å²) in [5.41, 5.74) is 2.94. The van der Waals surface area contributed by atoms with Crippen LogP contribution >= 0.6 is 0 Å². The lowest BCUT2D eigenvalue weighted by molar-refractivity contribution is -0.758. The van der Waals surface area contributed by atoms with E-state index in [1.807, 2.05) is 101 Å². The van der Waals surface area contributed by atoms with Crippen LogP contribution in [0.4, 0.5) is 10.5 Å². The molecule has 0 spiro atoms. The number of aromatic hydroxyl groups is 2. The number of amides is 7. The smallest absolute Gasteiger partial charge is 0.409 e. The summed E-state index contributed by atoms with van der Waals surface area (Å²) >= 11 is 0. The van der Waals surface area contributed by atoms with Crippen LogP contribution < -0.4 is 26.2 Å². The van der Waals surface area contributed by atoms with Crippen LogP contribution in [0.3, 0.4) is 0 Å². The van der Waals surface area contributed by atoms with Gasteiger partial charge in [-0.3, -0.25) is 49.4 Å². The van der Waals surface area contributed by atoms with Crippen LogP contribution in [0.25, 0.3) is 0 Å². The monoisotopic (exact) mass is 1280 g/mol. The van der Waals surface area contributed by atoms with Crippen LogP contribution in [0.1, 0.15) is 138 Å². The van der Waals surface area contributed by atoms with E-state index in [0.717, 1.165) is 27.7 Å². The minimum atomic E-state index is -1.06. The first-order valence-corrected chi connectivity index (χ1v) is 32.8. The van der Waals surface area contributed by atoms with Crippen molar-refractivity contribution in [3.05, 3.63) is 124 Å². The Morgan fingerprint density at radius 2 is 1.44 bits per heavy atom. The van der Waals surface area contributed by atoms with Crippen LogP contribution in [0.5, 0.6) is 11.5 Å². The Morgan fingerprint density at radius 3 is 2.08 bits per heavy atom. The van der Waals surface area contributed by atoms with E-state index in [-0.39, 0.29) is 114 Å². The largest absolute Gasteiger partial charge is 0.508 e. The van der Waals surface area contributed by atoms with Gasteiger partial charge in [0.05, 0.1) is 25.3 Å². The second kappa shape index (κ2) is 29.6. The highest BCUT2D eigenvalue weighted by Crippen LogP contribution is 2.54. The number of phenolic OH excluding ortho intramolecular Hbond substituents is 2. The van der Waals surface area contributed by atoms with Crippen molar-refractivity contribution in [2.75, 3.05) is 77.0 Å². The first-order chi connectivity index (χ1) is 44.3. The Balaban J connectivity index is 0.765. The number of piperidine rings is 1. The molecule has 4 aromatic carbocycles. The number of ketones is 1. The summed E-state index contributed by atoms with van der Waals surface area (Å²) in [5.74, 6) is -4.45. The Bertz CT molecular complexity index is 3450. The highest BCUT2D eigenvalue weighted by Gasteiger charge is 2.72. The number of quaternary nitrogens is 1. The summed E-state index contributed by atoms with van der Waals surface area (Å²) in [5, 5.41) is 50.7. The van der Waals surface area contributed by atoms with E-state index in [1.54, 1.807) is 35.8 Å². The number of epoxide rings is 1. The predicted octanol–water partition coefficient (Wildman–Crippen LogP) is 6.33. The number of fused-ring (bicyclic) bond motifs is 3. The zero-order valence-electron chi connectivity index (χ0n) is 54.8. The van der Waals surface area contributed by atoms with Gasteiger partial charge in [0.15, 0.2) is 23.5 Å². The highest BCUT2D eigenvalue weighted by molar-refractivity contribution is 6.48. The summed E-state index contributed by atoms with van der Waals surface area (Å²) in [6.45, 7) is 18.3. The van der Waals surface area contributed by atoms with Gasteiger partial charge in [-0.25, -0.2) is 14.1 Å². The molecule has 4 fully saturated rings. The van der Waals surface area contributed by atoms with E-state index in [2.05, 4.69) is 21.3 Å². The topological polar surface area (TPSA) is 308 Å². The van der Waals surface area contributed by atoms with E-state index in [0.29, 0.717) is 89.2 Å². The average molecular weight is 1280 g/mol. The van der Waals surface area contributed by atoms with Crippen LogP contribution in [0.2, 0.25) is 0 Å². The lowest BCUT2D eigenvalue weighted by Gasteiger charge is -2.35. The predicted molar refractivity (Wildman–Crippen MR) is 350 cm³/mol. The lowest BCUT2D eigenvalue weighted by Crippen LogP contribution is -2.61. The van der Waals surface area contributed by atoms with Gasteiger partial charge in [0.25, 0.3) is 11.8 Å². The number of hydrogen-bond donors (Lipinski definition) is 8. The van der Waals surface area contributed by atoms with Crippen molar-refractivity contribution in [1.29, 1.82) is 10.8 Å². The van der Waals surface area contributed by atoms with Gasteiger partial charge in [-0.2, -0.15) is 0 Å². The maximum absolute atomic E-state index is 15.1. The van der Waals surface area contributed by atoms with E-state index < -0.39 is 71.1 Å². The molecule has 498 valence electrons. The second-order valence-corrected chi connectivity index (χ2v) is 26.9. The van der Waals surface area contributed by atoms with Crippen molar-refractivity contribution in [3.63, 3.8) is 0 Å². The number of likely N-dealkylation sites (tertiary alicyclic amines) is 1. The molecule has 93 heavy (non-hydrogen) atoms. The molecule has 0 bridgehead atoms. The molecule has 0 saturated carbocycles. The van der Waals surface area contributed by atoms with Crippen molar-refractivity contribution < 1.29 is 62.5 Å². The fourth-order valence-corrected chi connectivity index (χ4v) is 13.2. The molecule has 4 unspecified atom stereocenters. The van der Waals surface area contributed by atoms with Gasteiger partial charge in [0.2, 0.25) is 23.5 Å². The minimum absolute atomic E-state index is 0.00183. The quantitative estimate of drug-likeness (QED) is 0.0165. The van der Waals surface area contributed by atoms with Crippen LogP contribution in [0.15, 0.2) is 91.0 Å². The highest BCUT2D eigenvalue weighted by atomic mass is 16.6. The van der Waals surface area contributed by atoms with Crippen LogP contribution in [-0.4, -0.2) is 190 Å². The van der Waals surface area contributed by atoms with Gasteiger partial charge in [0, 0.05) is 81.5 Å². The van der Waals surface area contributed by atoms with E-state index in [4.69, 9.17) is 20.3 Å².